The van der Waals surface area contributed by atoms with Crippen LogP contribution in [0.1, 0.15) is 12.8 Å². The number of methoxy groups -OCH3 is 1. The van der Waals surface area contributed by atoms with Crippen LogP contribution >= 0.6 is 24.0 Å². The van der Waals surface area contributed by atoms with Crippen LogP contribution < -0.4 is 10.6 Å². The number of carbonyl (C=O) groups is 1. The molecule has 0 aliphatic carbocycles. The number of hydrogen-bond acceptors (Lipinski definition) is 4. The average Bonchev–Trinajstić information content (AvgIpc) is 2.94. The van der Waals surface area contributed by atoms with E-state index in [1.54, 1.807) is 13.2 Å². The third-order valence-electron chi connectivity index (χ3n) is 2.49. The Balaban J connectivity index is 0.00000361. The molecule has 0 aliphatic heterocycles. The topological polar surface area (TPSA) is 80.5 Å². The number of ether oxygens (including phenoxy) is 1. The summed E-state index contributed by atoms with van der Waals surface area (Å²) in [4.78, 5) is 15.0. The molecule has 0 radical (unpaired) electrons. The molecule has 20 heavy (non-hydrogen) atoms. The third kappa shape index (κ3) is 7.97. The monoisotopic (exact) mass is 395 g/mol. The molecule has 0 amide bonds. The normalized spacial score (nSPS) is 10.6. The molecule has 0 aromatic carbocycles. The van der Waals surface area contributed by atoms with Gasteiger partial charge in [0.2, 0.25) is 0 Å². The Morgan fingerprint density at radius 2 is 2.15 bits per heavy atom. The minimum atomic E-state index is -0.235. The molecular weight excluding hydrogens is 373 g/mol. The van der Waals surface area contributed by atoms with Gasteiger partial charge in [-0.3, -0.25) is 14.5 Å². The van der Waals surface area contributed by atoms with Crippen molar-refractivity contribution < 1.29 is 9.53 Å². The van der Waals surface area contributed by atoms with Gasteiger partial charge < -0.3 is 15.4 Å². The number of aryl methyl sites for hydroxylation is 1. The van der Waals surface area contributed by atoms with Crippen molar-refractivity contribution in [3.8, 4) is 0 Å². The van der Waals surface area contributed by atoms with Crippen LogP contribution in [0.5, 0.6) is 0 Å². The number of carbonyl (C=O) groups excluding carboxylic acids is 1. The van der Waals surface area contributed by atoms with Crippen molar-refractivity contribution in [1.29, 1.82) is 0 Å². The zero-order valence-electron chi connectivity index (χ0n) is 11.8. The molecule has 0 aliphatic rings. The van der Waals surface area contributed by atoms with Gasteiger partial charge in [0.1, 0.15) is 0 Å². The summed E-state index contributed by atoms with van der Waals surface area (Å²) in [6.07, 6.45) is 4.97. The van der Waals surface area contributed by atoms with Crippen LogP contribution in [-0.2, 0) is 16.1 Å². The fourth-order valence-electron chi connectivity index (χ4n) is 1.49. The molecule has 0 bridgehead atoms. The van der Waals surface area contributed by atoms with Crippen molar-refractivity contribution in [2.75, 3.05) is 27.2 Å². The maximum absolute atomic E-state index is 10.9. The minimum Gasteiger partial charge on any atom is -0.469 e. The van der Waals surface area contributed by atoms with Gasteiger partial charge in [-0.2, -0.15) is 5.10 Å². The standard InChI is InChI=1S/C12H21N5O2.HI/c1-13-12(15-8-5-11(18)19-2)14-6-3-9-17-10-4-7-16-17;/h4,7,10H,3,5-6,8-9H2,1-2H3,(H2,13,14,15);1H. The first-order chi connectivity index (χ1) is 9.26. The zero-order valence-corrected chi connectivity index (χ0v) is 14.2. The molecule has 0 fully saturated rings. The van der Waals surface area contributed by atoms with Gasteiger partial charge in [0.25, 0.3) is 0 Å². The number of esters is 1. The number of nitrogens with zero attached hydrogens (tertiary/aromatic N) is 3. The highest BCUT2D eigenvalue weighted by atomic mass is 127. The quantitative estimate of drug-likeness (QED) is 0.233. The highest BCUT2D eigenvalue weighted by molar-refractivity contribution is 14.0. The van der Waals surface area contributed by atoms with Crippen molar-refractivity contribution in [2.24, 2.45) is 4.99 Å². The fourth-order valence-corrected chi connectivity index (χ4v) is 1.49. The van der Waals surface area contributed by atoms with Gasteiger partial charge in [0.15, 0.2) is 5.96 Å². The maximum Gasteiger partial charge on any atom is 0.307 e. The van der Waals surface area contributed by atoms with Gasteiger partial charge in [0.05, 0.1) is 13.5 Å². The lowest BCUT2D eigenvalue weighted by Crippen LogP contribution is -2.39. The molecule has 7 nitrogen and oxygen atoms in total. The molecule has 114 valence electrons. The molecule has 1 aromatic rings. The van der Waals surface area contributed by atoms with Crippen molar-refractivity contribution in [3.63, 3.8) is 0 Å². The Bertz CT molecular complexity index is 395. The van der Waals surface area contributed by atoms with Crippen molar-refractivity contribution >= 4 is 35.9 Å². The second-order valence-corrected chi connectivity index (χ2v) is 3.87. The van der Waals surface area contributed by atoms with E-state index in [4.69, 9.17) is 0 Å². The van der Waals surface area contributed by atoms with Gasteiger partial charge in [-0.15, -0.1) is 24.0 Å². The van der Waals surface area contributed by atoms with Gasteiger partial charge in [-0.25, -0.2) is 0 Å². The van der Waals surface area contributed by atoms with Gasteiger partial charge in [-0.05, 0) is 12.5 Å². The highest BCUT2D eigenvalue weighted by Gasteiger charge is 2.01. The Hall–Kier alpha value is -1.32. The Kier molecular flexibility index (Phi) is 10.7. The number of nitrogens with one attached hydrogen (secondary N) is 2. The lowest BCUT2D eigenvalue weighted by atomic mass is 10.4. The number of rotatable bonds is 7. The Labute approximate surface area is 136 Å². The summed E-state index contributed by atoms with van der Waals surface area (Å²) in [5, 5.41) is 10.3. The minimum absolute atomic E-state index is 0. The summed E-state index contributed by atoms with van der Waals surface area (Å²) < 4.78 is 6.44. The molecule has 2 N–H and O–H groups in total. The molecular formula is C12H22IN5O2. The lowest BCUT2D eigenvalue weighted by molar-refractivity contribution is -0.140. The van der Waals surface area contributed by atoms with E-state index >= 15 is 0 Å². The Morgan fingerprint density at radius 1 is 1.40 bits per heavy atom. The smallest absolute Gasteiger partial charge is 0.307 e. The van der Waals surface area contributed by atoms with Crippen LogP contribution in [0.3, 0.4) is 0 Å². The number of hydrogen-bond donors (Lipinski definition) is 2. The van der Waals surface area contributed by atoms with Crippen LogP contribution in [0.25, 0.3) is 0 Å². The predicted molar refractivity (Wildman–Crippen MR) is 88.3 cm³/mol. The molecule has 8 heteroatoms. The van der Waals surface area contributed by atoms with E-state index in [0.29, 0.717) is 18.9 Å². The number of halogens is 1. The van der Waals surface area contributed by atoms with Crippen LogP contribution in [0.4, 0.5) is 0 Å². The molecule has 0 spiro atoms. The van der Waals surface area contributed by atoms with Gasteiger partial charge >= 0.3 is 5.97 Å². The summed E-state index contributed by atoms with van der Waals surface area (Å²) in [6, 6.07) is 1.90. The summed E-state index contributed by atoms with van der Waals surface area (Å²) in [7, 11) is 3.08. The molecule has 0 saturated carbocycles. The number of aromatic nitrogens is 2. The summed E-state index contributed by atoms with van der Waals surface area (Å²) >= 11 is 0. The summed E-state index contributed by atoms with van der Waals surface area (Å²) in [5.41, 5.74) is 0. The number of aliphatic imine (C=N–C) groups is 1. The van der Waals surface area contributed by atoms with E-state index in [2.05, 4.69) is 25.5 Å². The predicted octanol–water partition coefficient (Wildman–Crippen LogP) is 0.619. The SMILES string of the molecule is CN=C(NCCCn1cccn1)NCCC(=O)OC.I. The molecule has 1 rings (SSSR count). The van der Waals surface area contributed by atoms with Crippen LogP contribution in [0.15, 0.2) is 23.5 Å². The molecule has 1 heterocycles. The van der Waals surface area contributed by atoms with Crippen molar-refractivity contribution in [3.05, 3.63) is 18.5 Å². The molecule has 0 saturated heterocycles. The summed E-state index contributed by atoms with van der Waals surface area (Å²) in [5.74, 6) is 0.450. The van der Waals surface area contributed by atoms with Crippen molar-refractivity contribution in [1.82, 2.24) is 20.4 Å². The van der Waals surface area contributed by atoms with Crippen LogP contribution in [-0.4, -0.2) is 49.0 Å². The van der Waals surface area contributed by atoms with E-state index in [1.165, 1.54) is 7.11 Å². The van der Waals surface area contributed by atoms with E-state index in [0.717, 1.165) is 19.5 Å². The largest absolute Gasteiger partial charge is 0.469 e. The maximum atomic E-state index is 10.9. The highest BCUT2D eigenvalue weighted by Crippen LogP contribution is 1.88. The van der Waals surface area contributed by atoms with E-state index in [9.17, 15) is 4.79 Å². The van der Waals surface area contributed by atoms with Crippen LogP contribution in [0, 0.1) is 0 Å². The van der Waals surface area contributed by atoms with Gasteiger partial charge in [-0.1, -0.05) is 0 Å². The van der Waals surface area contributed by atoms with E-state index < -0.39 is 0 Å². The van der Waals surface area contributed by atoms with E-state index in [1.807, 2.05) is 16.9 Å². The lowest BCUT2D eigenvalue weighted by Gasteiger charge is -2.11. The summed E-state index contributed by atoms with van der Waals surface area (Å²) in [6.45, 7) is 2.16. The second-order valence-electron chi connectivity index (χ2n) is 3.87. The molecule has 1 aromatic heterocycles. The Morgan fingerprint density at radius 3 is 2.75 bits per heavy atom. The van der Waals surface area contributed by atoms with E-state index in [-0.39, 0.29) is 29.9 Å². The zero-order chi connectivity index (χ0) is 13.9. The third-order valence-corrected chi connectivity index (χ3v) is 2.49. The molecule has 0 atom stereocenters. The fraction of sp³-hybridized carbons (Fsp3) is 0.583. The first kappa shape index (κ1) is 18.7. The second kappa shape index (κ2) is 11.5. The first-order valence-corrected chi connectivity index (χ1v) is 6.25. The number of guanidine groups is 1. The van der Waals surface area contributed by atoms with Gasteiger partial charge in [0, 0.05) is 39.1 Å². The van der Waals surface area contributed by atoms with Crippen LogP contribution in [0.2, 0.25) is 0 Å². The van der Waals surface area contributed by atoms with Crippen molar-refractivity contribution in [2.45, 2.75) is 19.4 Å². The first-order valence-electron chi connectivity index (χ1n) is 6.25. The molecule has 0 unspecified atom stereocenters. The average molecular weight is 395 g/mol.